The molecule has 3 aromatic rings. The zero-order valence-corrected chi connectivity index (χ0v) is 15.2. The molecule has 0 aliphatic heterocycles. The Morgan fingerprint density at radius 3 is 2.63 bits per heavy atom. The Hall–Kier alpha value is -3.72. The molecule has 2 aromatic carbocycles. The van der Waals surface area contributed by atoms with Crippen molar-refractivity contribution in [1.29, 1.82) is 5.26 Å². The summed E-state index contributed by atoms with van der Waals surface area (Å²) in [6, 6.07) is 16.6. The van der Waals surface area contributed by atoms with Crippen LogP contribution in [0.15, 0.2) is 54.9 Å². The zero-order valence-electron chi connectivity index (χ0n) is 15.2. The third-order valence-corrected chi connectivity index (χ3v) is 4.16. The van der Waals surface area contributed by atoms with Crippen LogP contribution in [0.3, 0.4) is 0 Å². The van der Waals surface area contributed by atoms with E-state index < -0.39 is 0 Å². The quantitative estimate of drug-likeness (QED) is 0.713. The van der Waals surface area contributed by atoms with Crippen molar-refractivity contribution in [2.75, 3.05) is 10.6 Å². The Labute approximate surface area is 157 Å². The minimum absolute atomic E-state index is 0.270. The highest BCUT2D eigenvalue weighted by molar-refractivity contribution is 6.04. The number of nitrogens with zero attached hydrogens (tertiary/aromatic N) is 3. The van der Waals surface area contributed by atoms with E-state index in [0.29, 0.717) is 11.4 Å². The molecule has 3 rings (SSSR count). The molecule has 0 spiro atoms. The van der Waals surface area contributed by atoms with Gasteiger partial charge in [0.05, 0.1) is 11.6 Å². The molecule has 0 saturated carbocycles. The van der Waals surface area contributed by atoms with Gasteiger partial charge in [-0.25, -0.2) is 9.97 Å². The molecule has 1 heterocycles. The van der Waals surface area contributed by atoms with Crippen LogP contribution < -0.4 is 10.6 Å². The minimum atomic E-state index is -0.288. The molecule has 0 bridgehead atoms. The van der Waals surface area contributed by atoms with E-state index in [1.165, 1.54) is 6.33 Å². The maximum atomic E-state index is 12.7. The van der Waals surface area contributed by atoms with Gasteiger partial charge >= 0.3 is 0 Å². The molecule has 0 aliphatic carbocycles. The highest BCUT2D eigenvalue weighted by Gasteiger charge is 2.13. The number of rotatable bonds is 5. The van der Waals surface area contributed by atoms with Crippen LogP contribution >= 0.6 is 0 Å². The van der Waals surface area contributed by atoms with E-state index in [1.807, 2.05) is 25.1 Å². The van der Waals surface area contributed by atoms with Crippen LogP contribution in [0, 0.1) is 18.3 Å². The fraction of sp³-hybridized carbons (Fsp3) is 0.143. The highest BCUT2D eigenvalue weighted by Crippen LogP contribution is 2.22. The number of aromatic nitrogens is 2. The summed E-state index contributed by atoms with van der Waals surface area (Å²) in [5, 5.41) is 14.9. The lowest BCUT2D eigenvalue weighted by Crippen LogP contribution is -2.16. The van der Waals surface area contributed by atoms with Crippen molar-refractivity contribution in [1.82, 2.24) is 9.97 Å². The van der Waals surface area contributed by atoms with Crippen LogP contribution in [0.1, 0.15) is 34.1 Å². The third-order valence-electron chi connectivity index (χ3n) is 4.16. The number of para-hydroxylation sites is 1. The second-order valence-electron chi connectivity index (χ2n) is 6.02. The summed E-state index contributed by atoms with van der Waals surface area (Å²) in [7, 11) is 0. The second kappa shape index (κ2) is 8.11. The number of benzene rings is 2. The van der Waals surface area contributed by atoms with Crippen LogP contribution in [0.2, 0.25) is 0 Å². The first-order chi connectivity index (χ1) is 13.1. The minimum Gasteiger partial charge on any atom is -0.340 e. The molecule has 0 fully saturated rings. The topological polar surface area (TPSA) is 90.7 Å². The molecule has 27 heavy (non-hydrogen) atoms. The number of carbonyl (C=O) groups excluding carboxylic acids is 1. The van der Waals surface area contributed by atoms with E-state index in [-0.39, 0.29) is 11.6 Å². The van der Waals surface area contributed by atoms with Crippen LogP contribution in [0.4, 0.5) is 17.2 Å². The summed E-state index contributed by atoms with van der Waals surface area (Å²) in [5.41, 5.74) is 4.53. The first-order valence-corrected chi connectivity index (χ1v) is 8.59. The summed E-state index contributed by atoms with van der Waals surface area (Å²) >= 11 is 0. The number of anilines is 3. The van der Waals surface area contributed by atoms with E-state index in [1.54, 1.807) is 30.3 Å². The molecule has 0 radical (unpaired) electrons. The van der Waals surface area contributed by atoms with Gasteiger partial charge in [0, 0.05) is 17.4 Å². The molecule has 1 aromatic heterocycles. The van der Waals surface area contributed by atoms with Gasteiger partial charge in [-0.15, -0.1) is 0 Å². The average Bonchev–Trinajstić information content (AvgIpc) is 2.70. The van der Waals surface area contributed by atoms with Crippen molar-refractivity contribution in [2.45, 2.75) is 20.3 Å². The lowest BCUT2D eigenvalue weighted by Gasteiger charge is -2.13. The Kier molecular flexibility index (Phi) is 5.43. The number of nitrogens with one attached hydrogen (secondary N) is 2. The van der Waals surface area contributed by atoms with Crippen molar-refractivity contribution in [3.8, 4) is 6.07 Å². The first kappa shape index (κ1) is 18.1. The number of hydrogen-bond acceptors (Lipinski definition) is 5. The van der Waals surface area contributed by atoms with Crippen molar-refractivity contribution >= 4 is 23.1 Å². The van der Waals surface area contributed by atoms with Crippen molar-refractivity contribution in [3.05, 3.63) is 77.2 Å². The van der Waals surface area contributed by atoms with E-state index >= 15 is 0 Å². The largest absolute Gasteiger partial charge is 0.340 e. The van der Waals surface area contributed by atoms with Gasteiger partial charge in [-0.2, -0.15) is 5.26 Å². The number of nitriles is 1. The molecular weight excluding hydrogens is 338 g/mol. The molecule has 2 N–H and O–H groups in total. The third kappa shape index (κ3) is 4.28. The number of amides is 1. The Balaban J connectivity index is 1.79. The smallest absolute Gasteiger partial charge is 0.274 e. The monoisotopic (exact) mass is 357 g/mol. The van der Waals surface area contributed by atoms with Crippen molar-refractivity contribution in [3.63, 3.8) is 0 Å². The predicted molar refractivity (Wildman–Crippen MR) is 105 cm³/mol. The van der Waals surface area contributed by atoms with Gasteiger partial charge in [-0.05, 0) is 48.7 Å². The summed E-state index contributed by atoms with van der Waals surface area (Å²) < 4.78 is 0. The van der Waals surface area contributed by atoms with E-state index in [9.17, 15) is 4.79 Å². The molecule has 1 amide bonds. The lowest BCUT2D eigenvalue weighted by molar-refractivity contribution is 0.102. The predicted octanol–water partition coefficient (Wildman–Crippen LogP) is 4.22. The number of carbonyl (C=O) groups is 1. The molecule has 0 atom stereocenters. The molecule has 0 unspecified atom stereocenters. The normalized spacial score (nSPS) is 10.1. The van der Waals surface area contributed by atoms with Gasteiger partial charge in [0.25, 0.3) is 5.91 Å². The van der Waals surface area contributed by atoms with Gasteiger partial charge in [-0.3, -0.25) is 4.79 Å². The molecule has 134 valence electrons. The Morgan fingerprint density at radius 2 is 1.93 bits per heavy atom. The average molecular weight is 357 g/mol. The summed E-state index contributed by atoms with van der Waals surface area (Å²) in [4.78, 5) is 20.9. The SMILES string of the molecule is CCc1cccc(C)c1NC(=O)c1cc(Nc2ccc(C#N)cc2)ncn1. The molecule has 6 heteroatoms. The number of aryl methyl sites for hydroxylation is 2. The summed E-state index contributed by atoms with van der Waals surface area (Å²) in [6.45, 7) is 4.02. The molecule has 0 saturated heterocycles. The maximum Gasteiger partial charge on any atom is 0.274 e. The fourth-order valence-corrected chi connectivity index (χ4v) is 2.71. The fourth-order valence-electron chi connectivity index (χ4n) is 2.71. The van der Waals surface area contributed by atoms with Crippen LogP contribution in [-0.2, 0) is 6.42 Å². The Bertz CT molecular complexity index is 1010. The molecular formula is C21H19N5O. The van der Waals surface area contributed by atoms with Gasteiger partial charge in [0.2, 0.25) is 0 Å². The standard InChI is InChI=1S/C21H19N5O/c1-3-16-6-4-5-14(2)20(16)26-21(27)18-11-19(24-13-23-18)25-17-9-7-15(12-22)8-10-17/h4-11,13H,3H2,1-2H3,(H,26,27)(H,23,24,25). The highest BCUT2D eigenvalue weighted by atomic mass is 16.1. The Morgan fingerprint density at radius 1 is 1.15 bits per heavy atom. The van der Waals surface area contributed by atoms with Crippen LogP contribution in [-0.4, -0.2) is 15.9 Å². The summed E-state index contributed by atoms with van der Waals surface area (Å²) in [5.74, 6) is 0.213. The number of hydrogen-bond donors (Lipinski definition) is 2. The van der Waals surface area contributed by atoms with Gasteiger partial charge in [0.1, 0.15) is 17.8 Å². The van der Waals surface area contributed by atoms with Gasteiger partial charge < -0.3 is 10.6 Å². The van der Waals surface area contributed by atoms with E-state index in [2.05, 4.69) is 33.6 Å². The van der Waals surface area contributed by atoms with Crippen LogP contribution in [0.25, 0.3) is 0 Å². The molecule has 0 aliphatic rings. The van der Waals surface area contributed by atoms with Crippen molar-refractivity contribution in [2.24, 2.45) is 0 Å². The van der Waals surface area contributed by atoms with Gasteiger partial charge in [0.15, 0.2) is 0 Å². The first-order valence-electron chi connectivity index (χ1n) is 8.59. The second-order valence-corrected chi connectivity index (χ2v) is 6.02. The van der Waals surface area contributed by atoms with E-state index in [0.717, 1.165) is 28.9 Å². The maximum absolute atomic E-state index is 12.7. The summed E-state index contributed by atoms with van der Waals surface area (Å²) in [6.07, 6.45) is 2.17. The molecule has 6 nitrogen and oxygen atoms in total. The van der Waals surface area contributed by atoms with Crippen LogP contribution in [0.5, 0.6) is 0 Å². The zero-order chi connectivity index (χ0) is 19.2. The van der Waals surface area contributed by atoms with Crippen molar-refractivity contribution < 1.29 is 4.79 Å². The van der Waals surface area contributed by atoms with Gasteiger partial charge in [-0.1, -0.05) is 25.1 Å². The van der Waals surface area contributed by atoms with E-state index in [4.69, 9.17) is 5.26 Å². The lowest BCUT2D eigenvalue weighted by atomic mass is 10.1.